The summed E-state index contributed by atoms with van der Waals surface area (Å²) in [6.45, 7) is 4.16. The van der Waals surface area contributed by atoms with Gasteiger partial charge in [0.15, 0.2) is 0 Å². The number of carboxylic acid groups (broad SMARTS) is 1. The van der Waals surface area contributed by atoms with Crippen LogP contribution in [0.25, 0.3) is 0 Å². The molecule has 2 aromatic carbocycles. The van der Waals surface area contributed by atoms with Crippen molar-refractivity contribution >= 4 is 39.6 Å². The van der Waals surface area contributed by atoms with Crippen molar-refractivity contribution in [1.29, 1.82) is 0 Å². The van der Waals surface area contributed by atoms with Crippen molar-refractivity contribution in [3.8, 4) is 0 Å². The third-order valence-corrected chi connectivity index (χ3v) is 6.10. The van der Waals surface area contributed by atoms with Gasteiger partial charge in [-0.2, -0.15) is 0 Å². The molecule has 0 aliphatic carbocycles. The van der Waals surface area contributed by atoms with Gasteiger partial charge in [-0.15, -0.1) is 0 Å². The Kier molecular flexibility index (Phi) is 8.57. The highest BCUT2D eigenvalue weighted by atomic mass is 79.9. The first-order chi connectivity index (χ1) is 16.2. The van der Waals surface area contributed by atoms with Crippen LogP contribution in [0, 0.1) is 5.92 Å². The number of fused-ring (bicyclic) bond motifs is 1. The van der Waals surface area contributed by atoms with E-state index in [0.29, 0.717) is 23.0 Å². The van der Waals surface area contributed by atoms with Gasteiger partial charge in [-0.1, -0.05) is 60.1 Å². The Morgan fingerprint density at radius 2 is 1.68 bits per heavy atom. The molecule has 0 aromatic heterocycles. The number of carbonyl (C=O) groups excluding carboxylic acids is 3. The van der Waals surface area contributed by atoms with Crippen LogP contribution in [0.15, 0.2) is 53.0 Å². The van der Waals surface area contributed by atoms with Gasteiger partial charge in [-0.05, 0) is 42.5 Å². The number of carboxylic acids is 1. The van der Waals surface area contributed by atoms with Crippen LogP contribution in [0.1, 0.15) is 53.0 Å². The number of benzene rings is 2. The molecule has 3 N–H and O–H groups in total. The van der Waals surface area contributed by atoms with Crippen LogP contribution < -0.4 is 10.6 Å². The van der Waals surface area contributed by atoms with Gasteiger partial charge in [0.2, 0.25) is 5.91 Å². The van der Waals surface area contributed by atoms with Crippen LogP contribution >= 0.6 is 15.9 Å². The van der Waals surface area contributed by atoms with E-state index in [9.17, 15) is 24.3 Å². The number of aliphatic carboxylic acids is 1. The zero-order chi connectivity index (χ0) is 24.8. The van der Waals surface area contributed by atoms with Gasteiger partial charge in [0.25, 0.3) is 11.8 Å². The second-order valence-corrected chi connectivity index (χ2v) is 9.60. The van der Waals surface area contributed by atoms with Gasteiger partial charge in [-0.25, -0.2) is 0 Å². The molecule has 180 valence electrons. The summed E-state index contributed by atoms with van der Waals surface area (Å²) in [7, 11) is 0. The second kappa shape index (κ2) is 11.4. The number of halogens is 1. The molecule has 0 fully saturated rings. The summed E-state index contributed by atoms with van der Waals surface area (Å²) in [5.74, 6) is -2.21. The molecule has 3 rings (SSSR count). The van der Waals surface area contributed by atoms with Crippen LogP contribution in [0.3, 0.4) is 0 Å². The lowest BCUT2D eigenvalue weighted by atomic mass is 10.0. The largest absolute Gasteiger partial charge is 0.480 e. The highest BCUT2D eigenvalue weighted by Gasteiger charge is 2.36. The van der Waals surface area contributed by atoms with E-state index in [1.54, 1.807) is 18.2 Å². The van der Waals surface area contributed by atoms with Gasteiger partial charge in [-0.3, -0.25) is 29.4 Å². The third kappa shape index (κ3) is 6.30. The van der Waals surface area contributed by atoms with Crippen molar-refractivity contribution < 1.29 is 24.3 Å². The number of carbonyl (C=O) groups is 4. The molecular weight excluding hydrogens is 502 g/mol. The van der Waals surface area contributed by atoms with Crippen molar-refractivity contribution in [3.05, 3.63) is 69.7 Å². The molecule has 3 amide bonds. The maximum Gasteiger partial charge on any atom is 0.320 e. The van der Waals surface area contributed by atoms with E-state index in [1.807, 2.05) is 44.2 Å². The van der Waals surface area contributed by atoms with E-state index >= 15 is 0 Å². The Hall–Kier alpha value is -3.04. The number of hydrogen-bond donors (Lipinski definition) is 3. The zero-order valence-electron chi connectivity index (χ0n) is 19.1. The molecule has 1 heterocycles. The number of hydrogen-bond acceptors (Lipinski definition) is 5. The van der Waals surface area contributed by atoms with E-state index < -0.39 is 29.9 Å². The molecule has 2 aromatic rings. The maximum absolute atomic E-state index is 12.9. The van der Waals surface area contributed by atoms with E-state index in [2.05, 4.69) is 26.6 Å². The number of nitrogens with one attached hydrogen (secondary N) is 2. The molecule has 8 nitrogen and oxygen atoms in total. The summed E-state index contributed by atoms with van der Waals surface area (Å²) in [6, 6.07) is 12.4. The quantitative estimate of drug-likeness (QED) is 0.385. The number of rotatable bonds is 11. The van der Waals surface area contributed by atoms with Crippen LogP contribution in [-0.4, -0.2) is 52.3 Å². The monoisotopic (exact) mass is 529 g/mol. The van der Waals surface area contributed by atoms with Crippen molar-refractivity contribution in [2.24, 2.45) is 5.92 Å². The first-order valence-electron chi connectivity index (χ1n) is 11.1. The second-order valence-electron chi connectivity index (χ2n) is 8.68. The summed E-state index contributed by atoms with van der Waals surface area (Å²) in [5, 5.41) is 15.6. The summed E-state index contributed by atoms with van der Waals surface area (Å²) in [6.07, 6.45) is 0.411. The first kappa shape index (κ1) is 25.6. The fourth-order valence-corrected chi connectivity index (χ4v) is 4.24. The molecular formula is C25H28BrN3O5. The van der Waals surface area contributed by atoms with E-state index in [1.165, 1.54) is 0 Å². The number of imide groups is 1. The minimum atomic E-state index is -1.15. The third-order valence-electron chi connectivity index (χ3n) is 5.61. The highest BCUT2D eigenvalue weighted by molar-refractivity contribution is 9.10. The van der Waals surface area contributed by atoms with Crippen molar-refractivity contribution in [2.45, 2.75) is 45.3 Å². The van der Waals surface area contributed by atoms with Crippen LogP contribution in [0.5, 0.6) is 0 Å². The lowest BCUT2D eigenvalue weighted by molar-refractivity contribution is -0.140. The fourth-order valence-electron chi connectivity index (χ4n) is 3.88. The Labute approximate surface area is 206 Å². The minimum absolute atomic E-state index is 0.0253. The van der Waals surface area contributed by atoms with Crippen LogP contribution in [0.2, 0.25) is 0 Å². The molecule has 0 bridgehead atoms. The zero-order valence-corrected chi connectivity index (χ0v) is 20.7. The van der Waals surface area contributed by atoms with Gasteiger partial charge in [0.05, 0.1) is 17.2 Å². The molecule has 1 aliphatic heterocycles. The topological polar surface area (TPSA) is 116 Å². The van der Waals surface area contributed by atoms with Gasteiger partial charge < -0.3 is 10.4 Å². The molecule has 0 radical (unpaired) electrons. The molecule has 1 unspecified atom stereocenters. The Bertz CT molecular complexity index is 1070. The maximum atomic E-state index is 12.9. The molecule has 34 heavy (non-hydrogen) atoms. The molecule has 1 aliphatic rings. The van der Waals surface area contributed by atoms with Crippen molar-refractivity contribution in [2.75, 3.05) is 6.54 Å². The summed E-state index contributed by atoms with van der Waals surface area (Å²) in [4.78, 5) is 51.2. The molecule has 0 spiro atoms. The lowest BCUT2D eigenvalue weighted by Gasteiger charge is -2.25. The fraction of sp³-hybridized carbons (Fsp3) is 0.360. The van der Waals surface area contributed by atoms with E-state index in [4.69, 9.17) is 0 Å². The predicted molar refractivity (Wildman–Crippen MR) is 130 cm³/mol. The normalized spacial score (nSPS) is 14.8. The summed E-state index contributed by atoms with van der Waals surface area (Å²) < 4.78 is 0.678. The Morgan fingerprint density at radius 1 is 1.00 bits per heavy atom. The minimum Gasteiger partial charge on any atom is -0.480 e. The average molecular weight is 530 g/mol. The average Bonchev–Trinajstić information content (AvgIpc) is 3.03. The number of amides is 3. The van der Waals surface area contributed by atoms with Crippen molar-refractivity contribution in [3.63, 3.8) is 0 Å². The Morgan fingerprint density at radius 3 is 2.32 bits per heavy atom. The van der Waals surface area contributed by atoms with Gasteiger partial charge in [0.1, 0.15) is 6.04 Å². The van der Waals surface area contributed by atoms with Crippen LogP contribution in [0.4, 0.5) is 0 Å². The highest BCUT2D eigenvalue weighted by Crippen LogP contribution is 2.26. The predicted octanol–water partition coefficient (Wildman–Crippen LogP) is 3.21. The molecule has 0 saturated carbocycles. The lowest BCUT2D eigenvalue weighted by Crippen LogP contribution is -2.52. The summed E-state index contributed by atoms with van der Waals surface area (Å²) >= 11 is 3.29. The standard InChI is InChI=1S/C25H28BrN3O5/c1-15(2)12-21(22(30)27-14-16-6-4-3-5-7-16)28-20(25(33)34)10-11-29-23(31)18-9-8-17(26)13-19(18)24(29)32/h3-9,13,15,20-21,28H,10-12,14H2,1-2H3,(H,27,30)(H,33,34)/t20?,21-/m1/s1. The Balaban J connectivity index is 1.65. The van der Waals surface area contributed by atoms with E-state index in [-0.39, 0.29) is 30.4 Å². The summed E-state index contributed by atoms with van der Waals surface area (Å²) in [5.41, 5.74) is 1.52. The number of nitrogens with zero attached hydrogens (tertiary/aromatic N) is 1. The molecule has 0 saturated heterocycles. The van der Waals surface area contributed by atoms with Gasteiger partial charge in [0, 0.05) is 17.6 Å². The SMILES string of the molecule is CC(C)C[C@@H](NC(CCN1C(=O)c2ccc(Br)cc2C1=O)C(=O)O)C(=O)NCc1ccccc1. The molecule has 2 atom stereocenters. The van der Waals surface area contributed by atoms with E-state index in [0.717, 1.165) is 10.5 Å². The smallest absolute Gasteiger partial charge is 0.320 e. The van der Waals surface area contributed by atoms with Crippen molar-refractivity contribution in [1.82, 2.24) is 15.5 Å². The van der Waals surface area contributed by atoms with Gasteiger partial charge >= 0.3 is 5.97 Å². The van der Waals surface area contributed by atoms with Crippen LogP contribution in [-0.2, 0) is 16.1 Å². The first-order valence-corrected chi connectivity index (χ1v) is 11.9. The molecule has 9 heteroatoms.